The van der Waals surface area contributed by atoms with Crippen LogP contribution in [-0.4, -0.2) is 24.0 Å². The molecule has 4 heteroatoms. The van der Waals surface area contributed by atoms with Gasteiger partial charge in [0.05, 0.1) is 0 Å². The lowest BCUT2D eigenvalue weighted by Crippen LogP contribution is -2.32. The maximum Gasteiger partial charge on any atom is 0.347 e. The van der Waals surface area contributed by atoms with Crippen LogP contribution >= 0.6 is 0 Å². The molecule has 2 aromatic carbocycles. The summed E-state index contributed by atoms with van der Waals surface area (Å²) in [6.07, 6.45) is 5.27. The topological polar surface area (TPSA) is 52.6 Å². The first kappa shape index (κ1) is 20.1. The van der Waals surface area contributed by atoms with Crippen molar-refractivity contribution in [3.05, 3.63) is 65.2 Å². The van der Waals surface area contributed by atoms with Crippen molar-refractivity contribution in [1.29, 1.82) is 0 Å². The third kappa shape index (κ3) is 5.22. The van der Waals surface area contributed by atoms with Crippen LogP contribution in [0.3, 0.4) is 0 Å². The second kappa shape index (κ2) is 9.54. The van der Waals surface area contributed by atoms with Crippen molar-refractivity contribution in [1.82, 2.24) is 0 Å². The van der Waals surface area contributed by atoms with Gasteiger partial charge < -0.3 is 9.47 Å². The van der Waals surface area contributed by atoms with E-state index >= 15 is 0 Å². The molecule has 1 unspecified atom stereocenters. The molecule has 3 rings (SSSR count). The highest BCUT2D eigenvalue weighted by atomic mass is 16.6. The third-order valence-corrected chi connectivity index (χ3v) is 5.18. The normalized spacial score (nSPS) is 15.6. The van der Waals surface area contributed by atoms with Crippen LogP contribution in [0.1, 0.15) is 66.9 Å². The summed E-state index contributed by atoms with van der Waals surface area (Å²) >= 11 is 0. The van der Waals surface area contributed by atoms with E-state index in [2.05, 4.69) is 0 Å². The van der Waals surface area contributed by atoms with Crippen LogP contribution in [0.2, 0.25) is 0 Å². The Kier molecular flexibility index (Phi) is 6.85. The molecule has 1 aliphatic rings. The molecule has 1 saturated carbocycles. The Morgan fingerprint density at radius 3 is 2.07 bits per heavy atom. The van der Waals surface area contributed by atoms with Gasteiger partial charge in [-0.25, -0.2) is 4.79 Å². The number of ether oxygens (including phenoxy) is 2. The molecule has 4 nitrogen and oxygen atoms in total. The van der Waals surface area contributed by atoms with E-state index in [1.165, 1.54) is 6.42 Å². The number of benzene rings is 2. The second-order valence-corrected chi connectivity index (χ2v) is 7.43. The highest BCUT2D eigenvalue weighted by Gasteiger charge is 2.25. The van der Waals surface area contributed by atoms with Crippen LogP contribution < -0.4 is 4.74 Å². The van der Waals surface area contributed by atoms with Gasteiger partial charge in [0.2, 0.25) is 0 Å². The van der Waals surface area contributed by atoms with Crippen molar-refractivity contribution in [2.75, 3.05) is 0 Å². The summed E-state index contributed by atoms with van der Waals surface area (Å²) in [6.45, 7) is 3.89. The van der Waals surface area contributed by atoms with Gasteiger partial charge in [-0.2, -0.15) is 0 Å². The van der Waals surface area contributed by atoms with E-state index in [4.69, 9.17) is 9.47 Å². The predicted molar refractivity (Wildman–Crippen MR) is 109 cm³/mol. The molecule has 1 fully saturated rings. The first-order chi connectivity index (χ1) is 13.6. The smallest absolute Gasteiger partial charge is 0.347 e. The minimum atomic E-state index is -0.624. The summed E-state index contributed by atoms with van der Waals surface area (Å²) in [4.78, 5) is 25.0. The van der Waals surface area contributed by atoms with E-state index in [1.54, 1.807) is 24.3 Å². The molecule has 0 N–H and O–H groups in total. The maximum atomic E-state index is 12.6. The SMILES string of the molecule is CCC(Oc1ccc(C(=O)c2ccc(C)cc2)cc1)C(=O)OC1CCCCC1. The molecule has 0 heterocycles. The highest BCUT2D eigenvalue weighted by molar-refractivity contribution is 6.09. The van der Waals surface area contributed by atoms with Gasteiger partial charge in [-0.1, -0.05) is 43.2 Å². The van der Waals surface area contributed by atoms with Gasteiger partial charge in [0, 0.05) is 11.1 Å². The molecule has 1 aliphatic carbocycles. The fourth-order valence-corrected chi connectivity index (χ4v) is 3.44. The molecule has 148 valence electrons. The predicted octanol–water partition coefficient (Wildman–Crippen LogP) is 5.26. The average Bonchev–Trinajstić information content (AvgIpc) is 2.73. The second-order valence-electron chi connectivity index (χ2n) is 7.43. The van der Waals surface area contributed by atoms with Gasteiger partial charge >= 0.3 is 5.97 Å². The minimum absolute atomic E-state index is 0.0217. The van der Waals surface area contributed by atoms with Crippen LogP contribution in [-0.2, 0) is 9.53 Å². The van der Waals surface area contributed by atoms with Crippen LogP contribution in [0.25, 0.3) is 0 Å². The molecule has 0 saturated heterocycles. The van der Waals surface area contributed by atoms with Gasteiger partial charge in [-0.15, -0.1) is 0 Å². The number of ketones is 1. The van der Waals surface area contributed by atoms with E-state index in [9.17, 15) is 9.59 Å². The number of hydrogen-bond acceptors (Lipinski definition) is 4. The lowest BCUT2D eigenvalue weighted by atomic mass is 9.98. The van der Waals surface area contributed by atoms with E-state index in [0.717, 1.165) is 31.2 Å². The number of carbonyl (C=O) groups excluding carboxylic acids is 2. The molecule has 0 bridgehead atoms. The largest absolute Gasteiger partial charge is 0.479 e. The summed E-state index contributed by atoms with van der Waals surface area (Å²) in [5.41, 5.74) is 2.36. The molecule has 2 aromatic rings. The Hall–Kier alpha value is -2.62. The van der Waals surface area contributed by atoms with E-state index in [0.29, 0.717) is 23.3 Å². The fourth-order valence-electron chi connectivity index (χ4n) is 3.44. The quantitative estimate of drug-likeness (QED) is 0.486. The molecule has 1 atom stereocenters. The Bertz CT molecular complexity index is 786. The van der Waals surface area contributed by atoms with Crippen LogP contribution in [0.5, 0.6) is 5.75 Å². The average molecular weight is 380 g/mol. The molecule has 0 radical (unpaired) electrons. The van der Waals surface area contributed by atoms with Crippen LogP contribution in [0, 0.1) is 6.92 Å². The molecule has 0 aliphatic heterocycles. The standard InChI is InChI=1S/C24H28O4/c1-3-22(24(26)28-20-7-5-4-6-8-20)27-21-15-13-19(14-16-21)23(25)18-11-9-17(2)10-12-18/h9-16,20,22H,3-8H2,1-2H3. The first-order valence-electron chi connectivity index (χ1n) is 10.2. The number of carbonyl (C=O) groups is 2. The molecule has 0 aromatic heterocycles. The van der Waals surface area contributed by atoms with Gasteiger partial charge in [0.15, 0.2) is 11.9 Å². The maximum absolute atomic E-state index is 12.6. The third-order valence-electron chi connectivity index (χ3n) is 5.18. The minimum Gasteiger partial charge on any atom is -0.479 e. The summed E-state index contributed by atoms with van der Waals surface area (Å²) < 4.78 is 11.5. The Labute approximate surface area is 166 Å². The highest BCUT2D eigenvalue weighted by Crippen LogP contribution is 2.22. The van der Waals surface area contributed by atoms with Crippen molar-refractivity contribution in [3.8, 4) is 5.75 Å². The Balaban J connectivity index is 1.61. The van der Waals surface area contributed by atoms with Crippen LogP contribution in [0.4, 0.5) is 0 Å². The summed E-state index contributed by atoms with van der Waals surface area (Å²) in [5, 5.41) is 0. The van der Waals surface area contributed by atoms with Gasteiger partial charge in [0.1, 0.15) is 11.9 Å². The van der Waals surface area contributed by atoms with Crippen molar-refractivity contribution in [2.45, 2.75) is 64.6 Å². The number of hydrogen-bond donors (Lipinski definition) is 0. The van der Waals surface area contributed by atoms with E-state index < -0.39 is 6.10 Å². The fraction of sp³-hybridized carbons (Fsp3) is 0.417. The van der Waals surface area contributed by atoms with Crippen molar-refractivity contribution in [3.63, 3.8) is 0 Å². The molecule has 0 amide bonds. The molecular weight excluding hydrogens is 352 g/mol. The van der Waals surface area contributed by atoms with E-state index in [1.807, 2.05) is 38.1 Å². The van der Waals surface area contributed by atoms with Gasteiger partial charge in [0.25, 0.3) is 0 Å². The van der Waals surface area contributed by atoms with Crippen molar-refractivity contribution in [2.24, 2.45) is 0 Å². The molecular formula is C24H28O4. The first-order valence-corrected chi connectivity index (χ1v) is 10.2. The zero-order chi connectivity index (χ0) is 19.9. The molecule has 28 heavy (non-hydrogen) atoms. The lowest BCUT2D eigenvalue weighted by molar-refractivity contribution is -0.159. The van der Waals surface area contributed by atoms with Gasteiger partial charge in [-0.05, 0) is 63.3 Å². The number of aryl methyl sites for hydroxylation is 1. The van der Waals surface area contributed by atoms with Gasteiger partial charge in [-0.3, -0.25) is 4.79 Å². The van der Waals surface area contributed by atoms with Crippen molar-refractivity contribution >= 4 is 11.8 Å². The summed E-state index contributed by atoms with van der Waals surface area (Å²) in [6, 6.07) is 14.4. The Morgan fingerprint density at radius 1 is 0.929 bits per heavy atom. The number of esters is 1. The van der Waals surface area contributed by atoms with Crippen molar-refractivity contribution < 1.29 is 19.1 Å². The van der Waals surface area contributed by atoms with Crippen LogP contribution in [0.15, 0.2) is 48.5 Å². The lowest BCUT2D eigenvalue weighted by Gasteiger charge is -2.24. The Morgan fingerprint density at radius 2 is 1.50 bits per heavy atom. The summed E-state index contributed by atoms with van der Waals surface area (Å²) in [7, 11) is 0. The van der Waals surface area contributed by atoms with E-state index in [-0.39, 0.29) is 17.9 Å². The monoisotopic (exact) mass is 380 g/mol. The molecule has 0 spiro atoms. The zero-order valence-corrected chi connectivity index (χ0v) is 16.6. The number of rotatable bonds is 7. The summed E-state index contributed by atoms with van der Waals surface area (Å²) in [5.74, 6) is 0.234. The zero-order valence-electron chi connectivity index (χ0n) is 16.6.